The monoisotopic (exact) mass is 449 g/mol. The first-order chi connectivity index (χ1) is 15.4. The lowest BCUT2D eigenvalue weighted by Gasteiger charge is -2.30. The van der Waals surface area contributed by atoms with Crippen LogP contribution in [0.15, 0.2) is 53.3 Å². The van der Waals surface area contributed by atoms with Crippen molar-refractivity contribution in [2.75, 3.05) is 13.2 Å². The first-order valence-corrected chi connectivity index (χ1v) is 11.7. The Morgan fingerprint density at radius 2 is 1.97 bits per heavy atom. The summed E-state index contributed by atoms with van der Waals surface area (Å²) in [5, 5.41) is 5.13. The van der Waals surface area contributed by atoms with E-state index in [-0.39, 0.29) is 17.7 Å². The summed E-state index contributed by atoms with van der Waals surface area (Å²) in [4.78, 5) is 18.0. The molecule has 168 valence electrons. The number of rotatable bonds is 6. The minimum Gasteiger partial charge on any atom is -0.376 e. The van der Waals surface area contributed by atoms with Crippen molar-refractivity contribution in [1.29, 1.82) is 0 Å². The summed E-state index contributed by atoms with van der Waals surface area (Å²) in [7, 11) is 0. The number of aryl methyl sites for hydroxylation is 2. The zero-order valence-corrected chi connectivity index (χ0v) is 19.8. The van der Waals surface area contributed by atoms with E-state index in [2.05, 4.69) is 54.2 Å². The van der Waals surface area contributed by atoms with Crippen LogP contribution in [-0.4, -0.2) is 34.3 Å². The number of H-pyrrole nitrogens is 1. The maximum atomic E-state index is 12.9. The third-order valence-electron chi connectivity index (χ3n) is 6.27. The Hall–Kier alpha value is -2.70. The smallest absolute Gasteiger partial charge is 0.253 e. The fourth-order valence-electron chi connectivity index (χ4n) is 4.20. The molecular formula is C26H31N3O2S. The highest BCUT2D eigenvalue weighted by Gasteiger charge is 2.23. The van der Waals surface area contributed by atoms with E-state index in [1.165, 1.54) is 16.7 Å². The molecule has 0 aliphatic carbocycles. The van der Waals surface area contributed by atoms with Crippen molar-refractivity contribution in [1.82, 2.24) is 15.2 Å². The molecule has 0 saturated carbocycles. The molecule has 2 heterocycles. The number of benzene rings is 2. The standard InChI is InChI=1S/C26H31N3O2S/c1-17-12-21-14-22(25(30)28-24(21)13-18(17)2)15-29(16-23-10-7-11-31-23)26(32)27-19(3)20-8-5-4-6-9-20/h4-6,8-9,12-14,19,23H,7,10-11,15-16H2,1-3H3,(H,27,32)(H,28,30)/t19-,23+/m0/s1. The molecule has 1 aliphatic rings. The average molecular weight is 450 g/mol. The van der Waals surface area contributed by atoms with Crippen LogP contribution in [0.2, 0.25) is 0 Å². The van der Waals surface area contributed by atoms with Gasteiger partial charge in [0.25, 0.3) is 5.56 Å². The molecule has 1 aromatic heterocycles. The van der Waals surface area contributed by atoms with Gasteiger partial charge in [-0.1, -0.05) is 30.3 Å². The molecule has 32 heavy (non-hydrogen) atoms. The highest BCUT2D eigenvalue weighted by Crippen LogP contribution is 2.20. The van der Waals surface area contributed by atoms with Gasteiger partial charge in [0.2, 0.25) is 0 Å². The van der Waals surface area contributed by atoms with Crippen molar-refractivity contribution in [2.24, 2.45) is 0 Å². The molecular weight excluding hydrogens is 418 g/mol. The molecule has 1 aliphatic heterocycles. The number of fused-ring (bicyclic) bond motifs is 1. The van der Waals surface area contributed by atoms with Crippen LogP contribution in [0.25, 0.3) is 10.9 Å². The van der Waals surface area contributed by atoms with Crippen LogP contribution >= 0.6 is 12.2 Å². The predicted octanol–water partition coefficient (Wildman–Crippen LogP) is 4.76. The average Bonchev–Trinajstić information content (AvgIpc) is 3.29. The van der Waals surface area contributed by atoms with Crippen LogP contribution in [0.4, 0.5) is 0 Å². The number of aromatic nitrogens is 1. The fourth-order valence-corrected chi connectivity index (χ4v) is 4.52. The Morgan fingerprint density at radius 1 is 1.22 bits per heavy atom. The summed E-state index contributed by atoms with van der Waals surface area (Å²) in [5.74, 6) is 0. The SMILES string of the molecule is Cc1cc2cc(CN(C[C@H]3CCCO3)C(=S)N[C@@H](C)c3ccccc3)c(=O)[nH]c2cc1C. The van der Waals surface area contributed by atoms with Gasteiger partial charge in [-0.05, 0) is 86.1 Å². The minimum atomic E-state index is -0.0722. The number of hydrogen-bond acceptors (Lipinski definition) is 3. The summed E-state index contributed by atoms with van der Waals surface area (Å²) in [5.41, 5.74) is 5.04. The second kappa shape index (κ2) is 9.84. The van der Waals surface area contributed by atoms with Gasteiger partial charge in [0.1, 0.15) is 0 Å². The lowest BCUT2D eigenvalue weighted by Crippen LogP contribution is -2.44. The van der Waals surface area contributed by atoms with Crippen molar-refractivity contribution >= 4 is 28.2 Å². The van der Waals surface area contributed by atoms with Crippen molar-refractivity contribution in [3.8, 4) is 0 Å². The zero-order chi connectivity index (χ0) is 22.7. The Kier molecular flexibility index (Phi) is 6.92. The Labute approximate surface area is 194 Å². The normalized spacial score (nSPS) is 16.8. The van der Waals surface area contributed by atoms with Crippen LogP contribution in [0.5, 0.6) is 0 Å². The highest BCUT2D eigenvalue weighted by molar-refractivity contribution is 7.80. The molecule has 0 unspecified atom stereocenters. The lowest BCUT2D eigenvalue weighted by molar-refractivity contribution is 0.0895. The molecule has 1 fully saturated rings. The number of aromatic amines is 1. The molecule has 0 spiro atoms. The topological polar surface area (TPSA) is 57.4 Å². The van der Waals surface area contributed by atoms with Crippen LogP contribution in [0.3, 0.4) is 0 Å². The highest BCUT2D eigenvalue weighted by atomic mass is 32.1. The van der Waals surface area contributed by atoms with E-state index in [9.17, 15) is 4.79 Å². The molecule has 2 atom stereocenters. The van der Waals surface area contributed by atoms with Crippen molar-refractivity contribution in [3.63, 3.8) is 0 Å². The lowest BCUT2D eigenvalue weighted by atomic mass is 10.0. The maximum absolute atomic E-state index is 12.9. The van der Waals surface area contributed by atoms with Crippen LogP contribution in [0.1, 0.15) is 48.1 Å². The number of nitrogens with one attached hydrogen (secondary N) is 2. The van der Waals surface area contributed by atoms with E-state index in [1.807, 2.05) is 30.3 Å². The van der Waals surface area contributed by atoms with E-state index < -0.39 is 0 Å². The second-order valence-electron chi connectivity index (χ2n) is 8.74. The van der Waals surface area contributed by atoms with Crippen molar-refractivity contribution in [3.05, 3.63) is 81.1 Å². The molecule has 0 amide bonds. The van der Waals surface area contributed by atoms with Gasteiger partial charge in [0.15, 0.2) is 5.11 Å². The van der Waals surface area contributed by atoms with E-state index in [0.717, 1.165) is 30.4 Å². The van der Waals surface area contributed by atoms with Gasteiger partial charge in [-0.25, -0.2) is 0 Å². The first kappa shape index (κ1) is 22.5. The molecule has 0 radical (unpaired) electrons. The third-order valence-corrected chi connectivity index (χ3v) is 6.65. The maximum Gasteiger partial charge on any atom is 0.253 e. The van der Waals surface area contributed by atoms with E-state index in [4.69, 9.17) is 17.0 Å². The summed E-state index contributed by atoms with van der Waals surface area (Å²) in [6.45, 7) is 8.13. The molecule has 2 aromatic carbocycles. The Morgan fingerprint density at radius 3 is 2.69 bits per heavy atom. The number of hydrogen-bond donors (Lipinski definition) is 2. The summed E-state index contributed by atoms with van der Waals surface area (Å²) in [6.07, 6.45) is 2.21. The Bertz CT molecular complexity index is 1150. The van der Waals surface area contributed by atoms with E-state index in [1.54, 1.807) is 0 Å². The van der Waals surface area contributed by atoms with Gasteiger partial charge in [-0.2, -0.15) is 0 Å². The quantitative estimate of drug-likeness (QED) is 0.532. The predicted molar refractivity (Wildman–Crippen MR) is 134 cm³/mol. The zero-order valence-electron chi connectivity index (χ0n) is 19.0. The minimum absolute atomic E-state index is 0.0659. The van der Waals surface area contributed by atoms with Gasteiger partial charge < -0.3 is 19.9 Å². The fraction of sp³-hybridized carbons (Fsp3) is 0.385. The van der Waals surface area contributed by atoms with Gasteiger partial charge in [-0.3, -0.25) is 4.79 Å². The summed E-state index contributed by atoms with van der Waals surface area (Å²) >= 11 is 5.81. The summed E-state index contributed by atoms with van der Waals surface area (Å²) in [6, 6.07) is 16.5. The number of nitrogens with zero attached hydrogens (tertiary/aromatic N) is 1. The van der Waals surface area contributed by atoms with Gasteiger partial charge in [-0.15, -0.1) is 0 Å². The third kappa shape index (κ3) is 5.19. The first-order valence-electron chi connectivity index (χ1n) is 11.3. The molecule has 2 N–H and O–H groups in total. The number of thiocarbonyl (C=S) groups is 1. The van der Waals surface area contributed by atoms with Gasteiger partial charge in [0.05, 0.1) is 18.7 Å². The van der Waals surface area contributed by atoms with Crippen LogP contribution < -0.4 is 10.9 Å². The van der Waals surface area contributed by atoms with Crippen LogP contribution in [0, 0.1) is 13.8 Å². The van der Waals surface area contributed by atoms with E-state index >= 15 is 0 Å². The molecule has 1 saturated heterocycles. The largest absolute Gasteiger partial charge is 0.376 e. The molecule has 4 rings (SSSR count). The number of pyridine rings is 1. The number of ether oxygens (including phenoxy) is 1. The molecule has 3 aromatic rings. The molecule has 5 nitrogen and oxygen atoms in total. The van der Waals surface area contributed by atoms with Crippen molar-refractivity contribution in [2.45, 2.75) is 52.3 Å². The summed E-state index contributed by atoms with van der Waals surface area (Å²) < 4.78 is 5.88. The van der Waals surface area contributed by atoms with Gasteiger partial charge >= 0.3 is 0 Å². The molecule has 6 heteroatoms. The van der Waals surface area contributed by atoms with E-state index in [0.29, 0.717) is 23.8 Å². The Balaban J connectivity index is 1.58. The van der Waals surface area contributed by atoms with Gasteiger partial charge in [0, 0.05) is 24.2 Å². The molecule has 0 bridgehead atoms. The second-order valence-corrected chi connectivity index (χ2v) is 9.13. The van der Waals surface area contributed by atoms with Crippen molar-refractivity contribution < 1.29 is 4.74 Å². The van der Waals surface area contributed by atoms with Crippen LogP contribution in [-0.2, 0) is 11.3 Å².